The van der Waals surface area contributed by atoms with Crippen molar-refractivity contribution in [3.05, 3.63) is 41.0 Å². The summed E-state index contributed by atoms with van der Waals surface area (Å²) in [5.74, 6) is 0. The minimum atomic E-state index is -0.975. The molecule has 106 valence electrons. The molecule has 0 spiro atoms. The number of rotatable bonds is 5. The highest BCUT2D eigenvalue weighted by atomic mass is 35.5. The molecule has 5 nitrogen and oxygen atoms in total. The molecular weight excluding hydrogens is 285 g/mol. The standard InChI is InChI=1S/C13H13ClFN3O2/c1-19-8-20-13(15)18-17-6-9-2-3-12-10(4-9)5-11(14)7-16-12/h2-5,7,17H,6,8H2,1H3/b18-13+. The largest absolute Gasteiger partial charge is 0.428 e. The summed E-state index contributed by atoms with van der Waals surface area (Å²) in [6.45, 7) is 0.170. The number of benzene rings is 1. The lowest BCUT2D eigenvalue weighted by Gasteiger charge is -2.04. The molecule has 1 N–H and O–H groups in total. The Morgan fingerprint density at radius 2 is 2.30 bits per heavy atom. The monoisotopic (exact) mass is 297 g/mol. The van der Waals surface area contributed by atoms with Gasteiger partial charge in [-0.15, -0.1) is 9.49 Å². The Labute approximate surface area is 120 Å². The predicted octanol–water partition coefficient (Wildman–Crippen LogP) is 2.84. The fraction of sp³-hybridized carbons (Fsp3) is 0.231. The predicted molar refractivity (Wildman–Crippen MR) is 75.1 cm³/mol. The summed E-state index contributed by atoms with van der Waals surface area (Å²) in [4.78, 5) is 4.19. The number of hydrazone groups is 1. The first-order chi connectivity index (χ1) is 9.69. The van der Waals surface area contributed by atoms with Crippen LogP contribution in [0.25, 0.3) is 10.9 Å². The van der Waals surface area contributed by atoms with Crippen molar-refractivity contribution in [2.45, 2.75) is 6.54 Å². The van der Waals surface area contributed by atoms with Gasteiger partial charge in [-0.3, -0.25) is 4.98 Å². The molecular formula is C13H13ClFN3O2. The molecule has 7 heteroatoms. The third-order valence-corrected chi connectivity index (χ3v) is 2.67. The van der Waals surface area contributed by atoms with Gasteiger partial charge >= 0.3 is 6.15 Å². The van der Waals surface area contributed by atoms with Crippen LogP contribution in [0.5, 0.6) is 0 Å². The lowest BCUT2D eigenvalue weighted by Crippen LogP contribution is -2.10. The molecule has 20 heavy (non-hydrogen) atoms. The van der Waals surface area contributed by atoms with E-state index in [1.54, 1.807) is 6.20 Å². The van der Waals surface area contributed by atoms with E-state index >= 15 is 0 Å². The van der Waals surface area contributed by atoms with Gasteiger partial charge < -0.3 is 14.9 Å². The maximum atomic E-state index is 13.0. The van der Waals surface area contributed by atoms with E-state index in [1.165, 1.54) is 7.11 Å². The maximum Gasteiger partial charge on any atom is 0.395 e. The van der Waals surface area contributed by atoms with Gasteiger partial charge in [-0.2, -0.15) is 0 Å². The summed E-state index contributed by atoms with van der Waals surface area (Å²) in [5, 5.41) is 4.89. The van der Waals surface area contributed by atoms with Crippen LogP contribution in [0.4, 0.5) is 4.39 Å². The van der Waals surface area contributed by atoms with E-state index in [0.717, 1.165) is 16.5 Å². The highest BCUT2D eigenvalue weighted by Crippen LogP contribution is 2.18. The lowest BCUT2D eigenvalue weighted by molar-refractivity contribution is 0.0314. The van der Waals surface area contributed by atoms with E-state index < -0.39 is 6.15 Å². The van der Waals surface area contributed by atoms with E-state index in [1.807, 2.05) is 24.3 Å². The molecule has 0 atom stereocenters. The highest BCUT2D eigenvalue weighted by molar-refractivity contribution is 6.31. The van der Waals surface area contributed by atoms with Crippen LogP contribution in [0, 0.1) is 0 Å². The van der Waals surface area contributed by atoms with Crippen molar-refractivity contribution < 1.29 is 13.9 Å². The van der Waals surface area contributed by atoms with Gasteiger partial charge in [0, 0.05) is 18.7 Å². The summed E-state index contributed by atoms with van der Waals surface area (Å²) in [7, 11) is 1.40. The number of hydrogen-bond donors (Lipinski definition) is 1. The van der Waals surface area contributed by atoms with Gasteiger partial charge in [-0.05, 0) is 23.8 Å². The summed E-state index contributed by atoms with van der Waals surface area (Å²) < 4.78 is 22.0. The zero-order chi connectivity index (χ0) is 14.4. The first-order valence-electron chi connectivity index (χ1n) is 5.81. The average Bonchev–Trinajstić information content (AvgIpc) is 2.44. The summed E-state index contributed by atoms with van der Waals surface area (Å²) in [6, 6.07) is 7.47. The lowest BCUT2D eigenvalue weighted by atomic mass is 10.1. The molecule has 0 bridgehead atoms. The van der Waals surface area contributed by atoms with Crippen LogP contribution in [0.3, 0.4) is 0 Å². The fourth-order valence-corrected chi connectivity index (χ4v) is 1.76. The molecule has 0 aliphatic rings. The second-order valence-corrected chi connectivity index (χ2v) is 4.37. The molecule has 2 aromatic rings. The third kappa shape index (κ3) is 4.04. The number of nitrogens with one attached hydrogen (secondary N) is 1. The van der Waals surface area contributed by atoms with Crippen molar-refractivity contribution >= 4 is 28.7 Å². The van der Waals surface area contributed by atoms with Gasteiger partial charge in [0.1, 0.15) is 0 Å². The van der Waals surface area contributed by atoms with Crippen LogP contribution >= 0.6 is 11.6 Å². The second kappa shape index (κ2) is 7.02. The minimum Gasteiger partial charge on any atom is -0.428 e. The number of hydrogen-bond acceptors (Lipinski definition) is 5. The van der Waals surface area contributed by atoms with Gasteiger partial charge in [-0.1, -0.05) is 17.7 Å². The van der Waals surface area contributed by atoms with Crippen molar-refractivity contribution in [1.29, 1.82) is 0 Å². The Kier molecular flexibility index (Phi) is 5.09. The number of methoxy groups -OCH3 is 1. The van der Waals surface area contributed by atoms with E-state index in [0.29, 0.717) is 11.6 Å². The van der Waals surface area contributed by atoms with Crippen molar-refractivity contribution in [2.24, 2.45) is 5.10 Å². The summed E-state index contributed by atoms with van der Waals surface area (Å²) in [6.07, 6.45) is 0.617. The third-order valence-electron chi connectivity index (χ3n) is 2.46. The number of aromatic nitrogens is 1. The van der Waals surface area contributed by atoms with Crippen molar-refractivity contribution in [3.63, 3.8) is 0 Å². The van der Waals surface area contributed by atoms with E-state index in [9.17, 15) is 4.39 Å². The number of fused-ring (bicyclic) bond motifs is 1. The molecule has 1 heterocycles. The van der Waals surface area contributed by atoms with Crippen molar-refractivity contribution in [2.75, 3.05) is 13.9 Å². The van der Waals surface area contributed by atoms with Crippen LogP contribution in [-0.4, -0.2) is 25.0 Å². The first-order valence-corrected chi connectivity index (χ1v) is 6.19. The minimum absolute atomic E-state index is 0.183. The molecule has 0 saturated carbocycles. The molecule has 0 unspecified atom stereocenters. The molecule has 1 aromatic carbocycles. The van der Waals surface area contributed by atoms with E-state index in [4.69, 9.17) is 11.6 Å². The van der Waals surface area contributed by atoms with Crippen LogP contribution in [-0.2, 0) is 16.0 Å². The van der Waals surface area contributed by atoms with Crippen LogP contribution in [0.15, 0.2) is 35.6 Å². The zero-order valence-electron chi connectivity index (χ0n) is 10.8. The van der Waals surface area contributed by atoms with Crippen LogP contribution in [0.2, 0.25) is 5.02 Å². The van der Waals surface area contributed by atoms with Crippen LogP contribution < -0.4 is 5.43 Å². The normalized spacial score (nSPS) is 11.7. The highest BCUT2D eigenvalue weighted by Gasteiger charge is 2.00. The first kappa shape index (κ1) is 14.5. The fourth-order valence-electron chi connectivity index (χ4n) is 1.60. The Hall–Kier alpha value is -1.92. The smallest absolute Gasteiger partial charge is 0.395 e. The number of halogens is 2. The molecule has 0 aliphatic heterocycles. The molecule has 0 radical (unpaired) electrons. The molecule has 0 fully saturated rings. The number of nitrogens with zero attached hydrogens (tertiary/aromatic N) is 2. The van der Waals surface area contributed by atoms with Crippen molar-refractivity contribution in [1.82, 2.24) is 10.4 Å². The summed E-state index contributed by atoms with van der Waals surface area (Å²) >= 11 is 5.89. The van der Waals surface area contributed by atoms with Crippen LogP contribution in [0.1, 0.15) is 5.56 Å². The Morgan fingerprint density at radius 3 is 3.10 bits per heavy atom. The van der Waals surface area contributed by atoms with Gasteiger partial charge in [0.05, 0.1) is 17.1 Å². The Balaban J connectivity index is 1.99. The van der Waals surface area contributed by atoms with Gasteiger partial charge in [0.15, 0.2) is 6.79 Å². The van der Waals surface area contributed by atoms with E-state index in [-0.39, 0.29) is 6.79 Å². The average molecular weight is 298 g/mol. The molecule has 0 amide bonds. The van der Waals surface area contributed by atoms with Gasteiger partial charge in [0.25, 0.3) is 0 Å². The second-order valence-electron chi connectivity index (χ2n) is 3.93. The Morgan fingerprint density at radius 1 is 1.45 bits per heavy atom. The summed E-state index contributed by atoms with van der Waals surface area (Å²) in [5.41, 5.74) is 4.33. The molecule has 2 rings (SSSR count). The topological polar surface area (TPSA) is 55.7 Å². The van der Waals surface area contributed by atoms with Gasteiger partial charge in [-0.25, -0.2) is 0 Å². The molecule has 0 aliphatic carbocycles. The number of ether oxygens (including phenoxy) is 2. The maximum absolute atomic E-state index is 13.0. The molecule has 0 saturated heterocycles. The van der Waals surface area contributed by atoms with E-state index in [2.05, 4.69) is 25.0 Å². The van der Waals surface area contributed by atoms with Gasteiger partial charge in [0.2, 0.25) is 0 Å². The molecule has 1 aromatic heterocycles. The SMILES string of the molecule is COCO/C(F)=N/NCc1ccc2ncc(Cl)cc2c1. The Bertz CT molecular complexity index is 622. The van der Waals surface area contributed by atoms with Crippen molar-refractivity contribution in [3.8, 4) is 0 Å². The number of pyridine rings is 1. The zero-order valence-corrected chi connectivity index (χ0v) is 11.5. The quantitative estimate of drug-likeness (QED) is 0.399.